The molecule has 0 saturated carbocycles. The van der Waals surface area contributed by atoms with Gasteiger partial charge in [-0.05, 0) is 5.56 Å². The molecular formula is C12H14N2O5. The molecule has 0 radical (unpaired) electrons. The molecule has 0 aliphatic carbocycles. The predicted octanol–water partition coefficient (Wildman–Crippen LogP) is -0.613. The van der Waals surface area contributed by atoms with Crippen LogP contribution < -0.4 is 11.5 Å². The molecule has 0 heterocycles. The van der Waals surface area contributed by atoms with Gasteiger partial charge in [0.1, 0.15) is 6.61 Å². The topological polar surface area (TPSA) is 133 Å². The largest absolute Gasteiger partial charge is 0.479 e. The number of carboxylic acid groups (broad SMARTS) is 1. The van der Waals surface area contributed by atoms with Gasteiger partial charge in [0, 0.05) is 0 Å². The number of hydrogen-bond donors (Lipinski definition) is 3. The second kappa shape index (κ2) is 5.96. The molecule has 0 aliphatic heterocycles. The van der Waals surface area contributed by atoms with Crippen molar-refractivity contribution in [3.8, 4) is 0 Å². The normalized spacial score (nSPS) is 13.3. The number of hydrogen-bond acceptors (Lipinski definition) is 5. The van der Waals surface area contributed by atoms with Crippen molar-refractivity contribution >= 4 is 17.8 Å². The first-order valence-electron chi connectivity index (χ1n) is 5.38. The fourth-order valence-corrected chi connectivity index (χ4v) is 1.36. The van der Waals surface area contributed by atoms with Crippen LogP contribution in [-0.4, -0.2) is 28.5 Å². The molecule has 0 aliphatic rings. The van der Waals surface area contributed by atoms with E-state index in [1.54, 1.807) is 30.3 Å². The standard InChI is InChI=1S/C12H14N2O5/c13-9(15)6-12(14,10(16)17)11(18)19-7-8-4-2-1-3-5-8/h1-5H,6-7,14H2,(H2,13,15)(H,16,17). The minimum atomic E-state index is -2.46. The molecule has 1 aromatic carbocycles. The number of aliphatic carboxylic acids is 1. The molecule has 1 unspecified atom stereocenters. The smallest absolute Gasteiger partial charge is 0.338 e. The Morgan fingerprint density at radius 3 is 2.26 bits per heavy atom. The molecule has 5 N–H and O–H groups in total. The van der Waals surface area contributed by atoms with E-state index < -0.39 is 29.8 Å². The van der Waals surface area contributed by atoms with E-state index in [2.05, 4.69) is 0 Å². The van der Waals surface area contributed by atoms with Gasteiger partial charge in [-0.25, -0.2) is 9.59 Å². The molecule has 1 rings (SSSR count). The quantitative estimate of drug-likeness (QED) is 0.464. The van der Waals surface area contributed by atoms with Gasteiger partial charge in [0.25, 0.3) is 0 Å². The zero-order valence-corrected chi connectivity index (χ0v) is 10.0. The first-order valence-corrected chi connectivity index (χ1v) is 5.38. The molecule has 1 amide bonds. The Bertz CT molecular complexity index is 488. The number of carbonyl (C=O) groups is 3. The number of carboxylic acids is 1. The molecule has 0 bridgehead atoms. The van der Waals surface area contributed by atoms with E-state index in [9.17, 15) is 14.4 Å². The number of rotatable bonds is 6. The fourth-order valence-electron chi connectivity index (χ4n) is 1.36. The summed E-state index contributed by atoms with van der Waals surface area (Å²) in [5, 5.41) is 8.92. The summed E-state index contributed by atoms with van der Waals surface area (Å²) in [7, 11) is 0. The second-order valence-corrected chi connectivity index (χ2v) is 3.98. The van der Waals surface area contributed by atoms with Crippen molar-refractivity contribution in [1.29, 1.82) is 0 Å². The molecule has 0 fully saturated rings. The lowest BCUT2D eigenvalue weighted by molar-refractivity contribution is -0.163. The lowest BCUT2D eigenvalue weighted by Gasteiger charge is -2.21. The zero-order valence-electron chi connectivity index (χ0n) is 10.0. The van der Waals surface area contributed by atoms with Crippen molar-refractivity contribution in [3.63, 3.8) is 0 Å². The molecule has 0 spiro atoms. The lowest BCUT2D eigenvalue weighted by atomic mass is 9.96. The van der Waals surface area contributed by atoms with Gasteiger partial charge in [-0.1, -0.05) is 30.3 Å². The summed E-state index contributed by atoms with van der Waals surface area (Å²) in [5.41, 5.74) is 8.46. The third kappa shape index (κ3) is 3.78. The zero-order chi connectivity index (χ0) is 14.5. The molecule has 1 aromatic rings. The molecule has 19 heavy (non-hydrogen) atoms. The van der Waals surface area contributed by atoms with Crippen LogP contribution >= 0.6 is 0 Å². The Labute approximate surface area is 109 Å². The highest BCUT2D eigenvalue weighted by atomic mass is 16.5. The SMILES string of the molecule is NC(=O)CC(N)(C(=O)O)C(=O)OCc1ccccc1. The Kier molecular flexibility index (Phi) is 4.60. The maximum absolute atomic E-state index is 11.7. The summed E-state index contributed by atoms with van der Waals surface area (Å²) in [6.45, 7) is -0.134. The maximum Gasteiger partial charge on any atom is 0.338 e. The van der Waals surface area contributed by atoms with Gasteiger partial charge < -0.3 is 21.3 Å². The molecule has 1 atom stereocenters. The Morgan fingerprint density at radius 1 is 1.21 bits per heavy atom. The number of ether oxygens (including phenoxy) is 1. The van der Waals surface area contributed by atoms with E-state index in [1.807, 2.05) is 0 Å². The van der Waals surface area contributed by atoms with Crippen LogP contribution in [0.5, 0.6) is 0 Å². The van der Waals surface area contributed by atoms with Gasteiger partial charge in [-0.3, -0.25) is 4.79 Å². The summed E-state index contributed by atoms with van der Waals surface area (Å²) < 4.78 is 4.80. The average molecular weight is 266 g/mol. The van der Waals surface area contributed by atoms with E-state index in [4.69, 9.17) is 21.3 Å². The first-order chi connectivity index (χ1) is 8.86. The van der Waals surface area contributed by atoms with Crippen molar-refractivity contribution in [2.45, 2.75) is 18.6 Å². The highest BCUT2D eigenvalue weighted by molar-refractivity contribution is 6.07. The summed E-state index contributed by atoms with van der Waals surface area (Å²) in [4.78, 5) is 33.4. The molecule has 7 heteroatoms. The monoisotopic (exact) mass is 266 g/mol. The number of primary amides is 1. The van der Waals surface area contributed by atoms with Crippen LogP contribution in [0, 0.1) is 0 Å². The van der Waals surface area contributed by atoms with Crippen LogP contribution in [0.3, 0.4) is 0 Å². The number of esters is 1. The number of amides is 1. The van der Waals surface area contributed by atoms with Crippen LogP contribution in [-0.2, 0) is 25.7 Å². The van der Waals surface area contributed by atoms with Crippen molar-refractivity contribution in [2.24, 2.45) is 11.5 Å². The van der Waals surface area contributed by atoms with Gasteiger partial charge >= 0.3 is 11.9 Å². The molecule has 102 valence electrons. The van der Waals surface area contributed by atoms with Crippen LogP contribution in [0.1, 0.15) is 12.0 Å². The van der Waals surface area contributed by atoms with Gasteiger partial charge in [-0.15, -0.1) is 0 Å². The minimum absolute atomic E-state index is 0.134. The Morgan fingerprint density at radius 2 is 1.79 bits per heavy atom. The summed E-state index contributed by atoms with van der Waals surface area (Å²) >= 11 is 0. The van der Waals surface area contributed by atoms with Crippen molar-refractivity contribution in [2.75, 3.05) is 0 Å². The van der Waals surface area contributed by atoms with Gasteiger partial charge in [0.2, 0.25) is 11.4 Å². The van der Waals surface area contributed by atoms with E-state index >= 15 is 0 Å². The Balaban J connectivity index is 2.73. The van der Waals surface area contributed by atoms with E-state index in [-0.39, 0.29) is 6.61 Å². The fraction of sp³-hybridized carbons (Fsp3) is 0.250. The summed E-state index contributed by atoms with van der Waals surface area (Å²) in [5.74, 6) is -3.87. The highest BCUT2D eigenvalue weighted by Crippen LogP contribution is 2.11. The maximum atomic E-state index is 11.7. The van der Waals surface area contributed by atoms with Crippen LogP contribution in [0.25, 0.3) is 0 Å². The van der Waals surface area contributed by atoms with E-state index in [0.717, 1.165) is 0 Å². The first kappa shape index (κ1) is 14.7. The van der Waals surface area contributed by atoms with Gasteiger partial charge in [0.05, 0.1) is 6.42 Å². The van der Waals surface area contributed by atoms with Crippen molar-refractivity contribution in [3.05, 3.63) is 35.9 Å². The lowest BCUT2D eigenvalue weighted by Crippen LogP contribution is -2.57. The van der Waals surface area contributed by atoms with Gasteiger partial charge in [0.15, 0.2) is 0 Å². The van der Waals surface area contributed by atoms with Gasteiger partial charge in [-0.2, -0.15) is 0 Å². The molecule has 0 saturated heterocycles. The molecular weight excluding hydrogens is 252 g/mol. The number of nitrogens with two attached hydrogens (primary N) is 2. The van der Waals surface area contributed by atoms with Crippen molar-refractivity contribution in [1.82, 2.24) is 0 Å². The third-order valence-corrected chi connectivity index (χ3v) is 2.41. The molecule has 0 aromatic heterocycles. The predicted molar refractivity (Wildman–Crippen MR) is 64.6 cm³/mol. The summed E-state index contributed by atoms with van der Waals surface area (Å²) in [6.07, 6.45) is -0.823. The third-order valence-electron chi connectivity index (χ3n) is 2.41. The number of benzene rings is 1. The summed E-state index contributed by atoms with van der Waals surface area (Å²) in [6, 6.07) is 8.64. The van der Waals surface area contributed by atoms with Crippen LogP contribution in [0.4, 0.5) is 0 Å². The van der Waals surface area contributed by atoms with Crippen LogP contribution in [0.2, 0.25) is 0 Å². The second-order valence-electron chi connectivity index (χ2n) is 3.98. The van der Waals surface area contributed by atoms with Crippen molar-refractivity contribution < 1.29 is 24.2 Å². The van der Waals surface area contributed by atoms with E-state index in [1.165, 1.54) is 0 Å². The Hall–Kier alpha value is -2.41. The van der Waals surface area contributed by atoms with Crippen LogP contribution in [0.15, 0.2) is 30.3 Å². The minimum Gasteiger partial charge on any atom is -0.479 e. The average Bonchev–Trinajstić information content (AvgIpc) is 2.36. The number of carbonyl (C=O) groups excluding carboxylic acids is 2. The van der Waals surface area contributed by atoms with E-state index in [0.29, 0.717) is 5.56 Å². The molecule has 7 nitrogen and oxygen atoms in total. The highest BCUT2D eigenvalue weighted by Gasteiger charge is 2.45.